The van der Waals surface area contributed by atoms with Crippen LogP contribution in [0.2, 0.25) is 0 Å². The van der Waals surface area contributed by atoms with E-state index in [1.165, 1.54) is 64.5 Å². The average Bonchev–Trinajstić information content (AvgIpc) is 2.33. The highest BCUT2D eigenvalue weighted by atomic mass is 15.1. The first-order valence-corrected chi connectivity index (χ1v) is 7.59. The molecule has 0 radical (unpaired) electrons. The topological polar surface area (TPSA) is 15.3 Å². The zero-order valence-electron chi connectivity index (χ0n) is 12.2. The van der Waals surface area contributed by atoms with Crippen LogP contribution in [-0.2, 0) is 0 Å². The van der Waals surface area contributed by atoms with Gasteiger partial charge >= 0.3 is 0 Å². The van der Waals surface area contributed by atoms with Crippen molar-refractivity contribution in [3.05, 3.63) is 0 Å². The van der Waals surface area contributed by atoms with Crippen molar-refractivity contribution in [1.29, 1.82) is 0 Å². The highest BCUT2D eigenvalue weighted by Gasteiger charge is 2.21. The Morgan fingerprint density at radius 3 is 2.59 bits per heavy atom. The van der Waals surface area contributed by atoms with Gasteiger partial charge in [0, 0.05) is 6.04 Å². The van der Waals surface area contributed by atoms with Gasteiger partial charge in [-0.25, -0.2) is 0 Å². The second-order valence-electron chi connectivity index (χ2n) is 5.92. The van der Waals surface area contributed by atoms with Crippen LogP contribution in [-0.4, -0.2) is 38.1 Å². The number of unbranched alkanes of at least 4 members (excludes halogenated alkanes) is 3. The Bertz CT molecular complexity index is 182. The standard InChI is InChI=1S/C15H32N2/c1-14-9-8-10-15(13-14)17(3)12-7-5-4-6-11-16-2/h14-16H,4-13H2,1-3H3. The lowest BCUT2D eigenvalue weighted by Gasteiger charge is -2.34. The third-order valence-corrected chi connectivity index (χ3v) is 4.22. The normalized spacial score (nSPS) is 25.4. The van der Waals surface area contributed by atoms with Gasteiger partial charge in [0.05, 0.1) is 0 Å². The highest BCUT2D eigenvalue weighted by Crippen LogP contribution is 2.26. The molecule has 0 aromatic heterocycles. The van der Waals surface area contributed by atoms with Crippen LogP contribution >= 0.6 is 0 Å². The molecule has 0 amide bonds. The molecule has 2 nitrogen and oxygen atoms in total. The molecule has 0 aliphatic heterocycles. The molecule has 1 fully saturated rings. The van der Waals surface area contributed by atoms with Crippen molar-refractivity contribution in [1.82, 2.24) is 10.2 Å². The first-order chi connectivity index (χ1) is 8.24. The average molecular weight is 240 g/mol. The van der Waals surface area contributed by atoms with E-state index < -0.39 is 0 Å². The van der Waals surface area contributed by atoms with E-state index in [-0.39, 0.29) is 0 Å². The van der Waals surface area contributed by atoms with Crippen LogP contribution < -0.4 is 5.32 Å². The largest absolute Gasteiger partial charge is 0.320 e. The third kappa shape index (κ3) is 6.42. The van der Waals surface area contributed by atoms with Crippen molar-refractivity contribution in [2.45, 2.75) is 64.3 Å². The van der Waals surface area contributed by atoms with Crippen LogP contribution in [0.1, 0.15) is 58.3 Å². The maximum Gasteiger partial charge on any atom is 0.00947 e. The van der Waals surface area contributed by atoms with Crippen molar-refractivity contribution in [2.75, 3.05) is 27.2 Å². The Labute approximate surface area is 108 Å². The summed E-state index contributed by atoms with van der Waals surface area (Å²) in [4.78, 5) is 2.62. The molecule has 0 spiro atoms. The number of rotatable bonds is 8. The van der Waals surface area contributed by atoms with Crippen LogP contribution in [0.5, 0.6) is 0 Å². The van der Waals surface area contributed by atoms with Gasteiger partial charge in [0.25, 0.3) is 0 Å². The Hall–Kier alpha value is -0.0800. The SMILES string of the molecule is CNCCCCCCN(C)C1CCCC(C)C1. The monoisotopic (exact) mass is 240 g/mol. The molecule has 0 heterocycles. The molecular weight excluding hydrogens is 208 g/mol. The van der Waals surface area contributed by atoms with E-state index in [1.54, 1.807) is 0 Å². The smallest absolute Gasteiger partial charge is 0.00947 e. The summed E-state index contributed by atoms with van der Waals surface area (Å²) >= 11 is 0. The van der Waals surface area contributed by atoms with Gasteiger partial charge in [-0.05, 0) is 58.8 Å². The minimum atomic E-state index is 0.871. The number of nitrogens with zero attached hydrogens (tertiary/aromatic N) is 1. The Morgan fingerprint density at radius 2 is 1.88 bits per heavy atom. The first-order valence-electron chi connectivity index (χ1n) is 7.59. The van der Waals surface area contributed by atoms with Crippen molar-refractivity contribution in [3.63, 3.8) is 0 Å². The minimum absolute atomic E-state index is 0.871. The van der Waals surface area contributed by atoms with Gasteiger partial charge < -0.3 is 10.2 Å². The fraction of sp³-hybridized carbons (Fsp3) is 1.00. The van der Waals surface area contributed by atoms with E-state index in [0.29, 0.717) is 0 Å². The van der Waals surface area contributed by atoms with Crippen molar-refractivity contribution in [3.8, 4) is 0 Å². The van der Waals surface area contributed by atoms with Crippen LogP contribution in [0.4, 0.5) is 0 Å². The first kappa shape index (κ1) is 15.0. The zero-order chi connectivity index (χ0) is 12.5. The molecule has 2 heteroatoms. The second-order valence-corrected chi connectivity index (χ2v) is 5.92. The van der Waals surface area contributed by atoms with Gasteiger partial charge in [-0.1, -0.05) is 32.6 Å². The Morgan fingerprint density at radius 1 is 1.12 bits per heavy atom. The summed E-state index contributed by atoms with van der Waals surface area (Å²) in [7, 11) is 4.37. The molecule has 2 unspecified atom stereocenters. The molecular formula is C15H32N2. The number of nitrogens with one attached hydrogen (secondary N) is 1. The molecule has 17 heavy (non-hydrogen) atoms. The van der Waals surface area contributed by atoms with Gasteiger partial charge in [0.2, 0.25) is 0 Å². The van der Waals surface area contributed by atoms with Crippen molar-refractivity contribution in [2.24, 2.45) is 5.92 Å². The van der Waals surface area contributed by atoms with Crippen LogP contribution in [0, 0.1) is 5.92 Å². The predicted molar refractivity (Wildman–Crippen MR) is 76.4 cm³/mol. The summed E-state index contributed by atoms with van der Waals surface area (Å²) in [5.74, 6) is 0.951. The van der Waals surface area contributed by atoms with Crippen molar-refractivity contribution >= 4 is 0 Å². The molecule has 2 atom stereocenters. The molecule has 0 aromatic carbocycles. The quantitative estimate of drug-likeness (QED) is 0.655. The maximum absolute atomic E-state index is 3.21. The molecule has 0 saturated heterocycles. The fourth-order valence-electron chi connectivity index (χ4n) is 3.00. The molecule has 1 rings (SSSR count). The lowest BCUT2D eigenvalue weighted by atomic mass is 9.86. The predicted octanol–water partition coefficient (Wildman–Crippen LogP) is 3.28. The number of hydrogen-bond acceptors (Lipinski definition) is 2. The maximum atomic E-state index is 3.21. The molecule has 102 valence electrons. The van der Waals surface area contributed by atoms with Crippen LogP contribution in [0.25, 0.3) is 0 Å². The molecule has 1 N–H and O–H groups in total. The van der Waals surface area contributed by atoms with E-state index in [4.69, 9.17) is 0 Å². The molecule has 1 aliphatic carbocycles. The summed E-state index contributed by atoms with van der Waals surface area (Å²) in [6, 6.07) is 0.871. The number of hydrogen-bond donors (Lipinski definition) is 1. The van der Waals surface area contributed by atoms with E-state index >= 15 is 0 Å². The van der Waals surface area contributed by atoms with Crippen LogP contribution in [0.3, 0.4) is 0 Å². The van der Waals surface area contributed by atoms with Gasteiger partial charge in [-0.15, -0.1) is 0 Å². The summed E-state index contributed by atoms with van der Waals surface area (Å²) in [5, 5.41) is 3.21. The summed E-state index contributed by atoms with van der Waals surface area (Å²) < 4.78 is 0. The van der Waals surface area contributed by atoms with Crippen molar-refractivity contribution < 1.29 is 0 Å². The highest BCUT2D eigenvalue weighted by molar-refractivity contribution is 4.76. The molecule has 0 bridgehead atoms. The van der Waals surface area contributed by atoms with Gasteiger partial charge in [0.15, 0.2) is 0 Å². The zero-order valence-corrected chi connectivity index (χ0v) is 12.2. The van der Waals surface area contributed by atoms with Crippen LogP contribution in [0.15, 0.2) is 0 Å². The Kier molecular flexibility index (Phi) is 7.87. The van der Waals surface area contributed by atoms with E-state index in [1.807, 2.05) is 7.05 Å². The molecule has 1 aliphatic rings. The summed E-state index contributed by atoms with van der Waals surface area (Å²) in [6.45, 7) is 4.89. The van der Waals surface area contributed by atoms with E-state index in [2.05, 4.69) is 24.2 Å². The van der Waals surface area contributed by atoms with Gasteiger partial charge in [-0.3, -0.25) is 0 Å². The summed E-state index contributed by atoms with van der Waals surface area (Å²) in [6.07, 6.45) is 11.2. The Balaban J connectivity index is 2.02. The van der Waals surface area contributed by atoms with Gasteiger partial charge in [-0.2, -0.15) is 0 Å². The van der Waals surface area contributed by atoms with E-state index in [0.717, 1.165) is 12.0 Å². The second kappa shape index (κ2) is 8.93. The summed E-state index contributed by atoms with van der Waals surface area (Å²) in [5.41, 5.74) is 0. The lowest BCUT2D eigenvalue weighted by molar-refractivity contribution is 0.161. The molecule has 1 saturated carbocycles. The lowest BCUT2D eigenvalue weighted by Crippen LogP contribution is -2.36. The molecule has 0 aromatic rings. The van der Waals surface area contributed by atoms with Gasteiger partial charge in [0.1, 0.15) is 0 Å². The minimum Gasteiger partial charge on any atom is -0.320 e. The van der Waals surface area contributed by atoms with E-state index in [9.17, 15) is 0 Å². The third-order valence-electron chi connectivity index (χ3n) is 4.22. The fourth-order valence-corrected chi connectivity index (χ4v) is 3.00.